The maximum Gasteiger partial charge on any atom is 0.573 e. The van der Waals surface area contributed by atoms with Gasteiger partial charge in [-0.15, -0.1) is 13.2 Å². The van der Waals surface area contributed by atoms with Crippen LogP contribution in [0.2, 0.25) is 0 Å². The van der Waals surface area contributed by atoms with E-state index in [1.165, 1.54) is 17.7 Å². The van der Waals surface area contributed by atoms with Crippen molar-refractivity contribution < 1.29 is 22.7 Å². The largest absolute Gasteiger partial charge is 0.573 e. The standard InChI is InChI=1S/C23H25F3N2O2/c1-15-11-18(17-7-9-27(2)10-8-17)12-19-14-28(22(29)21(15)19)13-16-3-5-20(6-4-16)30-23(24,25)26/h3-6,11-12,17H,7-10,13-14H2,1-2H3. The van der Waals surface area contributed by atoms with E-state index in [2.05, 4.69) is 28.8 Å². The fourth-order valence-corrected chi connectivity index (χ4v) is 4.48. The third kappa shape index (κ3) is 4.46. The normalized spacial score (nSPS) is 18.0. The first-order valence-corrected chi connectivity index (χ1v) is 10.2. The lowest BCUT2D eigenvalue weighted by Gasteiger charge is -2.29. The van der Waals surface area contributed by atoms with Crippen molar-refractivity contribution in [3.8, 4) is 5.75 Å². The zero-order chi connectivity index (χ0) is 21.5. The second kappa shape index (κ2) is 7.95. The maximum absolute atomic E-state index is 13.0. The SMILES string of the molecule is Cc1cc(C2CCN(C)CC2)cc2c1C(=O)N(Cc1ccc(OC(F)(F)F)cc1)C2. The van der Waals surface area contributed by atoms with Crippen LogP contribution < -0.4 is 4.74 Å². The molecule has 7 heteroatoms. The number of hydrogen-bond donors (Lipinski definition) is 0. The lowest BCUT2D eigenvalue weighted by Crippen LogP contribution is -2.29. The molecule has 1 amide bonds. The molecule has 2 heterocycles. The Morgan fingerprint density at radius 2 is 1.77 bits per heavy atom. The maximum atomic E-state index is 13.0. The Balaban J connectivity index is 1.47. The van der Waals surface area contributed by atoms with E-state index < -0.39 is 6.36 Å². The van der Waals surface area contributed by atoms with E-state index in [0.29, 0.717) is 19.0 Å². The molecule has 0 N–H and O–H groups in total. The number of halogens is 3. The molecule has 0 aromatic heterocycles. The quantitative estimate of drug-likeness (QED) is 0.711. The predicted octanol–water partition coefficient (Wildman–Crippen LogP) is 4.86. The van der Waals surface area contributed by atoms with Gasteiger partial charge in [0.05, 0.1) is 0 Å². The van der Waals surface area contributed by atoms with Gasteiger partial charge >= 0.3 is 6.36 Å². The Morgan fingerprint density at radius 3 is 2.40 bits per heavy atom. The lowest BCUT2D eigenvalue weighted by atomic mass is 9.86. The van der Waals surface area contributed by atoms with Gasteiger partial charge < -0.3 is 14.5 Å². The van der Waals surface area contributed by atoms with Crippen LogP contribution in [0.5, 0.6) is 5.75 Å². The van der Waals surface area contributed by atoms with Crippen molar-refractivity contribution in [1.29, 1.82) is 0 Å². The Morgan fingerprint density at radius 1 is 1.10 bits per heavy atom. The van der Waals surface area contributed by atoms with Crippen molar-refractivity contribution in [2.24, 2.45) is 0 Å². The number of likely N-dealkylation sites (tertiary alicyclic amines) is 1. The fourth-order valence-electron chi connectivity index (χ4n) is 4.48. The van der Waals surface area contributed by atoms with E-state index in [9.17, 15) is 18.0 Å². The molecule has 160 valence electrons. The molecule has 2 aromatic rings. The van der Waals surface area contributed by atoms with Crippen LogP contribution in [0.3, 0.4) is 0 Å². The molecule has 0 radical (unpaired) electrons. The molecule has 1 fully saturated rings. The molecule has 0 aliphatic carbocycles. The number of amides is 1. The molecule has 30 heavy (non-hydrogen) atoms. The van der Waals surface area contributed by atoms with Gasteiger partial charge in [0.2, 0.25) is 0 Å². The zero-order valence-electron chi connectivity index (χ0n) is 17.1. The smallest absolute Gasteiger partial charge is 0.406 e. The number of fused-ring (bicyclic) bond motifs is 1. The van der Waals surface area contributed by atoms with Gasteiger partial charge in [0.25, 0.3) is 5.91 Å². The van der Waals surface area contributed by atoms with Gasteiger partial charge in [-0.2, -0.15) is 0 Å². The van der Waals surface area contributed by atoms with Crippen LogP contribution in [-0.2, 0) is 13.1 Å². The van der Waals surface area contributed by atoms with Gasteiger partial charge in [-0.05, 0) is 80.2 Å². The van der Waals surface area contributed by atoms with Gasteiger partial charge in [-0.1, -0.05) is 24.3 Å². The predicted molar refractivity (Wildman–Crippen MR) is 107 cm³/mol. The van der Waals surface area contributed by atoms with Crippen molar-refractivity contribution >= 4 is 5.91 Å². The molecule has 2 aliphatic rings. The fraction of sp³-hybridized carbons (Fsp3) is 0.435. The summed E-state index contributed by atoms with van der Waals surface area (Å²) in [5.74, 6) is 0.240. The molecule has 2 aromatic carbocycles. The molecular weight excluding hydrogens is 393 g/mol. The number of carbonyl (C=O) groups excluding carboxylic acids is 1. The molecule has 0 bridgehead atoms. The number of alkyl halides is 3. The summed E-state index contributed by atoms with van der Waals surface area (Å²) < 4.78 is 40.9. The third-order valence-corrected chi connectivity index (χ3v) is 6.02. The summed E-state index contributed by atoms with van der Waals surface area (Å²) in [5.41, 5.74) is 4.89. The number of aryl methyl sites for hydroxylation is 1. The Hall–Kier alpha value is -2.54. The Kier molecular flexibility index (Phi) is 5.49. The van der Waals surface area contributed by atoms with Crippen LogP contribution in [-0.4, -0.2) is 42.2 Å². The summed E-state index contributed by atoms with van der Waals surface area (Å²) >= 11 is 0. The van der Waals surface area contributed by atoms with Gasteiger partial charge in [0.1, 0.15) is 5.75 Å². The van der Waals surface area contributed by atoms with Crippen LogP contribution in [0.4, 0.5) is 13.2 Å². The first kappa shape index (κ1) is 20.7. The van der Waals surface area contributed by atoms with Crippen molar-refractivity contribution in [3.63, 3.8) is 0 Å². The number of hydrogen-bond acceptors (Lipinski definition) is 3. The minimum absolute atomic E-state index is 0.0203. The number of ether oxygens (including phenoxy) is 1. The summed E-state index contributed by atoms with van der Waals surface area (Å²) in [6.45, 7) is 5.03. The minimum Gasteiger partial charge on any atom is -0.406 e. The molecule has 0 unspecified atom stereocenters. The van der Waals surface area contributed by atoms with Crippen molar-refractivity contribution in [1.82, 2.24) is 9.80 Å². The van der Waals surface area contributed by atoms with Gasteiger partial charge in [0, 0.05) is 18.7 Å². The van der Waals surface area contributed by atoms with Crippen LogP contribution in [0.15, 0.2) is 36.4 Å². The first-order chi connectivity index (χ1) is 14.2. The van der Waals surface area contributed by atoms with Gasteiger partial charge in [-0.3, -0.25) is 4.79 Å². The molecule has 1 saturated heterocycles. The second-order valence-corrected chi connectivity index (χ2v) is 8.30. The highest BCUT2D eigenvalue weighted by atomic mass is 19.4. The van der Waals surface area contributed by atoms with Gasteiger partial charge in [-0.25, -0.2) is 0 Å². The third-order valence-electron chi connectivity index (χ3n) is 6.02. The lowest BCUT2D eigenvalue weighted by molar-refractivity contribution is -0.274. The number of piperidine rings is 1. The zero-order valence-corrected chi connectivity index (χ0v) is 17.1. The summed E-state index contributed by atoms with van der Waals surface area (Å²) in [7, 11) is 2.14. The van der Waals surface area contributed by atoms with E-state index in [-0.39, 0.29) is 11.7 Å². The van der Waals surface area contributed by atoms with Gasteiger partial charge in [0.15, 0.2) is 0 Å². The van der Waals surface area contributed by atoms with E-state index in [4.69, 9.17) is 0 Å². The molecule has 0 atom stereocenters. The highest BCUT2D eigenvalue weighted by Crippen LogP contribution is 2.34. The van der Waals surface area contributed by atoms with E-state index in [0.717, 1.165) is 48.2 Å². The van der Waals surface area contributed by atoms with Crippen LogP contribution in [0.25, 0.3) is 0 Å². The van der Waals surface area contributed by atoms with Crippen molar-refractivity contribution in [2.75, 3.05) is 20.1 Å². The second-order valence-electron chi connectivity index (χ2n) is 8.30. The highest BCUT2D eigenvalue weighted by Gasteiger charge is 2.32. The molecule has 0 saturated carbocycles. The van der Waals surface area contributed by atoms with E-state index in [1.807, 2.05) is 6.92 Å². The number of rotatable bonds is 4. The Labute approximate surface area is 174 Å². The van der Waals surface area contributed by atoms with Crippen LogP contribution in [0.1, 0.15) is 51.4 Å². The van der Waals surface area contributed by atoms with E-state index in [1.54, 1.807) is 17.0 Å². The minimum atomic E-state index is -4.71. The number of benzene rings is 2. The van der Waals surface area contributed by atoms with Crippen LogP contribution in [0, 0.1) is 6.92 Å². The molecular formula is C23H25F3N2O2. The average molecular weight is 418 g/mol. The molecule has 4 nitrogen and oxygen atoms in total. The number of carbonyl (C=O) groups is 1. The van der Waals surface area contributed by atoms with Crippen molar-refractivity contribution in [2.45, 2.75) is 45.1 Å². The highest BCUT2D eigenvalue weighted by molar-refractivity contribution is 5.99. The molecule has 4 rings (SSSR count). The van der Waals surface area contributed by atoms with E-state index >= 15 is 0 Å². The summed E-state index contributed by atoms with van der Waals surface area (Å²) in [5, 5.41) is 0. The first-order valence-electron chi connectivity index (χ1n) is 10.2. The van der Waals surface area contributed by atoms with Crippen LogP contribution >= 0.6 is 0 Å². The monoisotopic (exact) mass is 418 g/mol. The topological polar surface area (TPSA) is 32.8 Å². The summed E-state index contributed by atoms with van der Waals surface area (Å²) in [6, 6.07) is 10.0. The number of nitrogens with zero attached hydrogens (tertiary/aromatic N) is 2. The summed E-state index contributed by atoms with van der Waals surface area (Å²) in [4.78, 5) is 17.0. The summed E-state index contributed by atoms with van der Waals surface area (Å²) in [6.07, 6.45) is -2.46. The molecule has 2 aliphatic heterocycles. The average Bonchev–Trinajstić information content (AvgIpc) is 2.98. The van der Waals surface area contributed by atoms with Crippen molar-refractivity contribution in [3.05, 3.63) is 64.2 Å². The molecule has 0 spiro atoms. The Bertz CT molecular complexity index is 933.